The second-order valence-electron chi connectivity index (χ2n) is 8.79. The quantitative estimate of drug-likeness (QED) is 0.633. The van der Waals surface area contributed by atoms with Crippen LogP contribution in [0, 0.1) is 5.82 Å². The highest BCUT2D eigenvalue weighted by molar-refractivity contribution is 5.92. The normalized spacial score (nSPS) is 19.8. The average molecular weight is 451 g/mol. The third-order valence-electron chi connectivity index (χ3n) is 6.85. The van der Waals surface area contributed by atoms with Gasteiger partial charge in [0, 0.05) is 44.7 Å². The molecule has 2 aromatic heterocycles. The van der Waals surface area contributed by atoms with E-state index in [9.17, 15) is 14.0 Å². The van der Waals surface area contributed by atoms with Gasteiger partial charge in [-0.15, -0.1) is 0 Å². The molecule has 2 N–H and O–H groups in total. The Balaban J connectivity index is 1.21. The molecule has 4 heterocycles. The number of fused-ring (bicyclic) bond motifs is 1. The number of pyridine rings is 1. The summed E-state index contributed by atoms with van der Waals surface area (Å²) < 4.78 is 13.6. The molecule has 8 nitrogen and oxygen atoms in total. The zero-order valence-corrected chi connectivity index (χ0v) is 18.6. The van der Waals surface area contributed by atoms with Crippen molar-refractivity contribution in [3.05, 3.63) is 64.2 Å². The lowest BCUT2D eigenvalue weighted by molar-refractivity contribution is 0.0958. The fourth-order valence-electron chi connectivity index (χ4n) is 4.99. The van der Waals surface area contributed by atoms with Crippen molar-refractivity contribution in [2.45, 2.75) is 31.2 Å². The van der Waals surface area contributed by atoms with Crippen molar-refractivity contribution in [3.8, 4) is 0 Å². The molecule has 1 aromatic carbocycles. The minimum absolute atomic E-state index is 0.143. The fraction of sp³-hybridized carbons (Fsp3) is 0.417. The van der Waals surface area contributed by atoms with Gasteiger partial charge in [0.15, 0.2) is 0 Å². The van der Waals surface area contributed by atoms with E-state index in [-0.39, 0.29) is 23.2 Å². The van der Waals surface area contributed by atoms with Gasteiger partial charge in [-0.05, 0) is 50.1 Å². The minimum Gasteiger partial charge on any atom is -0.370 e. The van der Waals surface area contributed by atoms with Gasteiger partial charge in [0.1, 0.15) is 17.3 Å². The Bertz CT molecular complexity index is 1220. The zero-order valence-electron chi connectivity index (χ0n) is 18.6. The zero-order chi connectivity index (χ0) is 22.9. The maximum atomic E-state index is 13.6. The number of H-pyrrole nitrogens is 1. The van der Waals surface area contributed by atoms with E-state index in [4.69, 9.17) is 0 Å². The van der Waals surface area contributed by atoms with Gasteiger partial charge in [0.05, 0.1) is 22.8 Å². The van der Waals surface area contributed by atoms with E-state index in [1.807, 2.05) is 6.07 Å². The van der Waals surface area contributed by atoms with Crippen LogP contribution >= 0.6 is 0 Å². The number of aromatic nitrogens is 3. The molecule has 0 aliphatic carbocycles. The first-order chi connectivity index (χ1) is 16.0. The number of carbonyl (C=O) groups excluding carboxylic acids is 1. The van der Waals surface area contributed by atoms with Gasteiger partial charge in [-0.1, -0.05) is 0 Å². The molecule has 1 amide bonds. The highest BCUT2D eigenvalue weighted by Gasteiger charge is 2.32. The number of rotatable bonds is 4. The fourth-order valence-corrected chi connectivity index (χ4v) is 4.99. The molecule has 2 aliphatic rings. The van der Waals surface area contributed by atoms with Crippen LogP contribution in [0.2, 0.25) is 0 Å². The number of carbonyl (C=O) groups is 1. The monoisotopic (exact) mass is 450 g/mol. The Morgan fingerprint density at radius 2 is 1.97 bits per heavy atom. The summed E-state index contributed by atoms with van der Waals surface area (Å²) in [6.07, 6.45) is 4.77. The van der Waals surface area contributed by atoms with E-state index in [0.717, 1.165) is 51.1 Å². The van der Waals surface area contributed by atoms with Crippen LogP contribution in [0.3, 0.4) is 0 Å². The van der Waals surface area contributed by atoms with Crippen LogP contribution in [0.15, 0.2) is 41.3 Å². The summed E-state index contributed by atoms with van der Waals surface area (Å²) in [4.78, 5) is 40.7. The molecular formula is C24H27FN6O2. The molecule has 0 spiro atoms. The van der Waals surface area contributed by atoms with Gasteiger partial charge in [-0.3, -0.25) is 14.5 Å². The van der Waals surface area contributed by atoms with Crippen LogP contribution in [0.1, 0.15) is 41.5 Å². The molecule has 2 aliphatic heterocycles. The van der Waals surface area contributed by atoms with Gasteiger partial charge >= 0.3 is 0 Å². The maximum absolute atomic E-state index is 13.6. The molecular weight excluding hydrogens is 423 g/mol. The summed E-state index contributed by atoms with van der Waals surface area (Å²) in [6.45, 7) is 3.66. The molecule has 33 heavy (non-hydrogen) atoms. The SMILES string of the molecule is CNC(=O)c1ccc(N2CCC(N3CCC(c4nc5cc(F)ccc5c(=O)[nH]4)C3)CC2)cn1. The Hall–Kier alpha value is -3.33. The van der Waals surface area contributed by atoms with E-state index in [0.29, 0.717) is 28.5 Å². The first-order valence-corrected chi connectivity index (χ1v) is 11.4. The van der Waals surface area contributed by atoms with Crippen molar-refractivity contribution in [3.63, 3.8) is 0 Å². The molecule has 172 valence electrons. The number of likely N-dealkylation sites (tertiary alicyclic amines) is 1. The number of halogens is 1. The summed E-state index contributed by atoms with van der Waals surface area (Å²) in [6, 6.07) is 8.29. The lowest BCUT2D eigenvalue weighted by Crippen LogP contribution is -2.44. The van der Waals surface area contributed by atoms with Gasteiger partial charge in [0.25, 0.3) is 11.5 Å². The predicted octanol–water partition coefficient (Wildman–Crippen LogP) is 2.28. The molecule has 2 fully saturated rings. The third-order valence-corrected chi connectivity index (χ3v) is 6.85. The van der Waals surface area contributed by atoms with Crippen molar-refractivity contribution < 1.29 is 9.18 Å². The Labute approximate surface area is 190 Å². The largest absolute Gasteiger partial charge is 0.370 e. The molecule has 9 heteroatoms. The molecule has 5 rings (SSSR count). The summed E-state index contributed by atoms with van der Waals surface area (Å²) in [5.74, 6) is 0.228. The maximum Gasteiger partial charge on any atom is 0.269 e. The first-order valence-electron chi connectivity index (χ1n) is 11.4. The standard InChI is InChI=1S/C24H27FN6O2/c1-26-24(33)20-5-3-18(13-27-20)30-10-7-17(8-11-30)31-9-6-15(14-31)22-28-21-12-16(25)2-4-19(21)23(32)29-22/h2-5,12-13,15,17H,6-11,14H2,1H3,(H,26,33)(H,28,29,32). The summed E-state index contributed by atoms with van der Waals surface area (Å²) in [5.41, 5.74) is 1.65. The topological polar surface area (TPSA) is 94.2 Å². The van der Waals surface area contributed by atoms with E-state index in [2.05, 4.69) is 30.1 Å². The summed E-state index contributed by atoms with van der Waals surface area (Å²) in [5, 5.41) is 3.00. The minimum atomic E-state index is -0.384. The smallest absolute Gasteiger partial charge is 0.269 e. The number of nitrogens with zero attached hydrogens (tertiary/aromatic N) is 4. The van der Waals surface area contributed by atoms with Gasteiger partial charge in [0.2, 0.25) is 0 Å². The number of benzene rings is 1. The Kier molecular flexibility index (Phi) is 5.80. The van der Waals surface area contributed by atoms with Crippen LogP contribution in [-0.4, -0.2) is 65.0 Å². The van der Waals surface area contributed by atoms with E-state index < -0.39 is 0 Å². The van der Waals surface area contributed by atoms with Crippen LogP contribution in [0.5, 0.6) is 0 Å². The lowest BCUT2D eigenvalue weighted by Gasteiger charge is -2.37. The number of hydrogen-bond acceptors (Lipinski definition) is 6. The second-order valence-corrected chi connectivity index (χ2v) is 8.79. The van der Waals surface area contributed by atoms with Crippen LogP contribution in [0.4, 0.5) is 10.1 Å². The van der Waals surface area contributed by atoms with E-state index in [1.54, 1.807) is 19.3 Å². The number of aromatic amines is 1. The second kappa shape index (κ2) is 8.90. The van der Waals surface area contributed by atoms with Crippen molar-refractivity contribution in [1.82, 2.24) is 25.2 Å². The highest BCUT2D eigenvalue weighted by atomic mass is 19.1. The van der Waals surface area contributed by atoms with E-state index >= 15 is 0 Å². The molecule has 1 atom stereocenters. The molecule has 0 radical (unpaired) electrons. The average Bonchev–Trinajstić information content (AvgIpc) is 3.34. The number of anilines is 1. The van der Waals surface area contributed by atoms with Crippen molar-refractivity contribution >= 4 is 22.5 Å². The lowest BCUT2D eigenvalue weighted by atomic mass is 10.0. The Morgan fingerprint density at radius 1 is 1.15 bits per heavy atom. The summed E-state index contributed by atoms with van der Waals surface area (Å²) >= 11 is 0. The van der Waals surface area contributed by atoms with Crippen molar-refractivity contribution in [2.75, 3.05) is 38.1 Å². The summed E-state index contributed by atoms with van der Waals surface area (Å²) in [7, 11) is 1.60. The highest BCUT2D eigenvalue weighted by Crippen LogP contribution is 2.30. The van der Waals surface area contributed by atoms with Gasteiger partial charge < -0.3 is 15.2 Å². The third kappa shape index (κ3) is 4.32. The number of nitrogens with one attached hydrogen (secondary N) is 2. The molecule has 3 aromatic rings. The van der Waals surface area contributed by atoms with Crippen LogP contribution < -0.4 is 15.8 Å². The van der Waals surface area contributed by atoms with Crippen LogP contribution in [-0.2, 0) is 0 Å². The molecule has 0 bridgehead atoms. The van der Waals surface area contributed by atoms with Crippen molar-refractivity contribution in [1.29, 1.82) is 0 Å². The van der Waals surface area contributed by atoms with E-state index in [1.165, 1.54) is 18.2 Å². The first kappa shape index (κ1) is 21.5. The molecule has 0 saturated carbocycles. The van der Waals surface area contributed by atoms with Crippen molar-refractivity contribution in [2.24, 2.45) is 0 Å². The number of hydrogen-bond donors (Lipinski definition) is 2. The van der Waals surface area contributed by atoms with Crippen LogP contribution in [0.25, 0.3) is 10.9 Å². The number of amides is 1. The Morgan fingerprint density at radius 3 is 2.70 bits per heavy atom. The van der Waals surface area contributed by atoms with Gasteiger partial charge in [-0.2, -0.15) is 0 Å². The molecule has 1 unspecified atom stereocenters. The number of piperidine rings is 1. The van der Waals surface area contributed by atoms with Gasteiger partial charge in [-0.25, -0.2) is 14.4 Å². The molecule has 2 saturated heterocycles. The predicted molar refractivity (Wildman–Crippen MR) is 124 cm³/mol.